The number of imidazole rings is 1. The van der Waals surface area contributed by atoms with Crippen molar-refractivity contribution in [2.24, 2.45) is 0 Å². The van der Waals surface area contributed by atoms with Crippen LogP contribution in [0.3, 0.4) is 0 Å². The Morgan fingerprint density at radius 1 is 1.07 bits per heavy atom. The second-order valence-electron chi connectivity index (χ2n) is 6.92. The first kappa shape index (κ1) is 18.4. The van der Waals surface area contributed by atoms with Crippen LogP contribution in [0.4, 0.5) is 0 Å². The van der Waals surface area contributed by atoms with Crippen LogP contribution in [0.1, 0.15) is 15.9 Å². The molecule has 3 aromatic carbocycles. The van der Waals surface area contributed by atoms with Gasteiger partial charge in [-0.2, -0.15) is 0 Å². The van der Waals surface area contributed by atoms with Crippen LogP contribution in [0, 0.1) is 0 Å². The molecule has 0 unspecified atom stereocenters. The van der Waals surface area contributed by atoms with E-state index in [1.807, 2.05) is 66.9 Å². The van der Waals surface area contributed by atoms with E-state index in [2.05, 4.69) is 21.9 Å². The maximum Gasteiger partial charge on any atom is 0.251 e. The minimum absolute atomic E-state index is 0.112. The number of benzene rings is 3. The number of methoxy groups -OCH3 is 1. The summed E-state index contributed by atoms with van der Waals surface area (Å²) in [7, 11) is 1.63. The molecule has 0 atom stereocenters. The van der Waals surface area contributed by atoms with Crippen molar-refractivity contribution in [2.45, 2.75) is 6.54 Å². The zero-order chi connectivity index (χ0) is 20.5. The molecule has 2 aromatic heterocycles. The fourth-order valence-corrected chi connectivity index (χ4v) is 4.56. The lowest BCUT2D eigenvalue weighted by Crippen LogP contribution is -2.22. The van der Waals surface area contributed by atoms with Gasteiger partial charge < -0.3 is 10.1 Å². The number of fused-ring (bicyclic) bond motifs is 3. The first-order valence-electron chi connectivity index (χ1n) is 9.60. The molecule has 0 saturated carbocycles. The molecule has 30 heavy (non-hydrogen) atoms. The summed E-state index contributed by atoms with van der Waals surface area (Å²) in [5.74, 6) is 0.653. The largest absolute Gasteiger partial charge is 0.496 e. The van der Waals surface area contributed by atoms with Crippen molar-refractivity contribution < 1.29 is 9.53 Å². The number of para-hydroxylation sites is 1. The van der Waals surface area contributed by atoms with E-state index in [4.69, 9.17) is 9.72 Å². The monoisotopic (exact) mass is 413 g/mol. The fraction of sp³-hybridized carbons (Fsp3) is 0.0833. The minimum atomic E-state index is -0.112. The highest BCUT2D eigenvalue weighted by atomic mass is 32.1. The van der Waals surface area contributed by atoms with Gasteiger partial charge in [0, 0.05) is 29.4 Å². The quantitative estimate of drug-likeness (QED) is 0.433. The van der Waals surface area contributed by atoms with Crippen molar-refractivity contribution in [2.75, 3.05) is 7.11 Å². The van der Waals surface area contributed by atoms with Crippen molar-refractivity contribution in [3.8, 4) is 17.0 Å². The summed E-state index contributed by atoms with van der Waals surface area (Å²) < 4.78 is 8.46. The van der Waals surface area contributed by atoms with Gasteiger partial charge in [0.2, 0.25) is 0 Å². The Hall–Kier alpha value is -3.64. The summed E-state index contributed by atoms with van der Waals surface area (Å²) in [6.07, 6.45) is 2.05. The van der Waals surface area contributed by atoms with Gasteiger partial charge in [-0.25, -0.2) is 4.98 Å². The molecule has 5 aromatic rings. The highest BCUT2D eigenvalue weighted by molar-refractivity contribution is 7.23. The van der Waals surface area contributed by atoms with E-state index < -0.39 is 0 Å². The normalized spacial score (nSPS) is 11.1. The van der Waals surface area contributed by atoms with Crippen molar-refractivity contribution >= 4 is 32.4 Å². The lowest BCUT2D eigenvalue weighted by molar-refractivity contribution is 0.0951. The third-order valence-corrected chi connectivity index (χ3v) is 6.08. The third-order valence-electron chi connectivity index (χ3n) is 5.06. The van der Waals surface area contributed by atoms with Gasteiger partial charge in [-0.3, -0.25) is 9.20 Å². The molecule has 0 spiro atoms. The molecule has 0 fully saturated rings. The highest BCUT2D eigenvalue weighted by Gasteiger charge is 2.13. The van der Waals surface area contributed by atoms with E-state index in [1.165, 1.54) is 0 Å². The standard InChI is InChI=1S/C24H19N3O2S/c1-29-21-10-6-5-9-18(21)14-25-23(28)17-11-12-20-22(13-17)30-24-26-19(15-27(20)24)16-7-3-2-4-8-16/h2-13,15H,14H2,1H3,(H,25,28). The third kappa shape index (κ3) is 3.31. The highest BCUT2D eigenvalue weighted by Crippen LogP contribution is 2.30. The van der Waals surface area contributed by atoms with E-state index in [9.17, 15) is 4.79 Å². The molecular weight excluding hydrogens is 394 g/mol. The first-order valence-corrected chi connectivity index (χ1v) is 10.4. The van der Waals surface area contributed by atoms with E-state index in [-0.39, 0.29) is 5.91 Å². The van der Waals surface area contributed by atoms with Gasteiger partial charge >= 0.3 is 0 Å². The maximum atomic E-state index is 12.7. The van der Waals surface area contributed by atoms with Gasteiger partial charge in [0.05, 0.1) is 23.0 Å². The molecule has 5 rings (SSSR count). The number of amides is 1. The number of nitrogens with one attached hydrogen (secondary N) is 1. The van der Waals surface area contributed by atoms with Crippen LogP contribution < -0.4 is 10.1 Å². The van der Waals surface area contributed by atoms with Crippen molar-refractivity contribution in [3.63, 3.8) is 0 Å². The molecule has 2 heterocycles. The van der Waals surface area contributed by atoms with Crippen LogP contribution in [0.15, 0.2) is 79.0 Å². The van der Waals surface area contributed by atoms with Crippen molar-refractivity contribution in [1.82, 2.24) is 14.7 Å². The van der Waals surface area contributed by atoms with Gasteiger partial charge in [-0.15, -0.1) is 0 Å². The maximum absolute atomic E-state index is 12.7. The molecule has 0 radical (unpaired) electrons. The SMILES string of the molecule is COc1ccccc1CNC(=O)c1ccc2c(c1)sc1nc(-c3ccccc3)cn12. The van der Waals surface area contributed by atoms with Gasteiger partial charge in [-0.05, 0) is 24.3 Å². The smallest absolute Gasteiger partial charge is 0.251 e. The number of aromatic nitrogens is 2. The number of ether oxygens (including phenoxy) is 1. The van der Waals surface area contributed by atoms with Crippen molar-refractivity contribution in [3.05, 3.63) is 90.1 Å². The van der Waals surface area contributed by atoms with Gasteiger partial charge in [0.25, 0.3) is 5.91 Å². The number of hydrogen-bond donors (Lipinski definition) is 1. The van der Waals surface area contributed by atoms with E-state index in [1.54, 1.807) is 18.4 Å². The molecule has 0 saturated heterocycles. The zero-order valence-corrected chi connectivity index (χ0v) is 17.1. The molecule has 1 amide bonds. The van der Waals surface area contributed by atoms with Gasteiger partial charge in [-0.1, -0.05) is 59.9 Å². The van der Waals surface area contributed by atoms with E-state index in [0.717, 1.165) is 37.7 Å². The molecule has 0 aliphatic rings. The number of rotatable bonds is 5. The molecule has 0 aliphatic heterocycles. The molecule has 1 N–H and O–H groups in total. The second kappa shape index (κ2) is 7.65. The summed E-state index contributed by atoms with van der Waals surface area (Å²) in [6, 6.07) is 23.6. The van der Waals surface area contributed by atoms with Crippen LogP contribution in [-0.4, -0.2) is 22.4 Å². The van der Waals surface area contributed by atoms with Crippen LogP contribution in [0.25, 0.3) is 26.4 Å². The van der Waals surface area contributed by atoms with Crippen LogP contribution in [0.5, 0.6) is 5.75 Å². The van der Waals surface area contributed by atoms with Crippen LogP contribution in [-0.2, 0) is 6.54 Å². The summed E-state index contributed by atoms with van der Waals surface area (Å²) >= 11 is 1.58. The van der Waals surface area contributed by atoms with Crippen LogP contribution >= 0.6 is 11.3 Å². The van der Waals surface area contributed by atoms with Gasteiger partial charge in [0.15, 0.2) is 4.96 Å². The summed E-state index contributed by atoms with van der Waals surface area (Å²) in [6.45, 7) is 0.412. The molecule has 0 aliphatic carbocycles. The number of hydrogen-bond acceptors (Lipinski definition) is 4. The first-order chi connectivity index (χ1) is 14.7. The van der Waals surface area contributed by atoms with E-state index >= 15 is 0 Å². The fourth-order valence-electron chi connectivity index (χ4n) is 3.52. The molecule has 148 valence electrons. The number of nitrogens with zero attached hydrogens (tertiary/aromatic N) is 2. The molecule has 5 nitrogen and oxygen atoms in total. The summed E-state index contributed by atoms with van der Waals surface area (Å²) in [5.41, 5.74) is 4.66. The Bertz CT molecular complexity index is 1360. The Morgan fingerprint density at radius 2 is 1.87 bits per heavy atom. The average molecular weight is 414 g/mol. The second-order valence-corrected chi connectivity index (χ2v) is 7.93. The molecular formula is C24H19N3O2S. The van der Waals surface area contributed by atoms with E-state index in [0.29, 0.717) is 12.1 Å². The summed E-state index contributed by atoms with van der Waals surface area (Å²) in [5, 5.41) is 2.98. The summed E-state index contributed by atoms with van der Waals surface area (Å²) in [4.78, 5) is 18.4. The number of carbonyl (C=O) groups is 1. The predicted octanol–water partition coefficient (Wildman–Crippen LogP) is 5.15. The Morgan fingerprint density at radius 3 is 2.70 bits per heavy atom. The Labute approximate surface area is 177 Å². The number of thiazole rings is 1. The average Bonchev–Trinajstić information content (AvgIpc) is 3.36. The van der Waals surface area contributed by atoms with Crippen LogP contribution in [0.2, 0.25) is 0 Å². The Kier molecular flexibility index (Phi) is 4.69. The zero-order valence-electron chi connectivity index (χ0n) is 16.3. The van der Waals surface area contributed by atoms with Crippen molar-refractivity contribution in [1.29, 1.82) is 0 Å². The lowest BCUT2D eigenvalue weighted by atomic mass is 10.1. The Balaban J connectivity index is 1.40. The molecule has 6 heteroatoms. The number of carbonyl (C=O) groups excluding carboxylic acids is 1. The lowest BCUT2D eigenvalue weighted by Gasteiger charge is -2.09. The minimum Gasteiger partial charge on any atom is -0.496 e. The topological polar surface area (TPSA) is 55.6 Å². The van der Waals surface area contributed by atoms with Gasteiger partial charge in [0.1, 0.15) is 5.75 Å². The molecule has 0 bridgehead atoms. The predicted molar refractivity (Wildman–Crippen MR) is 120 cm³/mol.